The second-order valence-corrected chi connectivity index (χ2v) is 13.3. The number of phenols is 2. The van der Waals surface area contributed by atoms with Crippen LogP contribution in [0, 0.1) is 23.6 Å². The Hall–Kier alpha value is -4.21. The predicted molar refractivity (Wildman–Crippen MR) is 163 cm³/mol. The minimum Gasteiger partial charge on any atom is -0.508 e. The van der Waals surface area contributed by atoms with E-state index >= 15 is 0 Å². The van der Waals surface area contributed by atoms with Crippen LogP contribution in [-0.2, 0) is 25.6 Å². The highest BCUT2D eigenvalue weighted by Crippen LogP contribution is 2.65. The van der Waals surface area contributed by atoms with E-state index in [9.17, 15) is 33.8 Å². The summed E-state index contributed by atoms with van der Waals surface area (Å²) in [5, 5.41) is 20.0. The molecule has 6 unspecified atom stereocenters. The third kappa shape index (κ3) is 4.24. The Morgan fingerprint density at radius 1 is 0.844 bits per heavy atom. The highest BCUT2D eigenvalue weighted by molar-refractivity contribution is 6.58. The Kier molecular flexibility index (Phi) is 6.83. The number of benzene rings is 3. The molecule has 3 aromatic carbocycles. The summed E-state index contributed by atoms with van der Waals surface area (Å²) < 4.78 is 13.8. The first-order valence-electron chi connectivity index (χ1n) is 14.6. The maximum atomic E-state index is 14.3. The zero-order chi connectivity index (χ0) is 31.8. The van der Waals surface area contributed by atoms with E-state index < -0.39 is 51.1 Å². The van der Waals surface area contributed by atoms with E-state index in [1.165, 1.54) is 41.3 Å². The van der Waals surface area contributed by atoms with Gasteiger partial charge in [-0.05, 0) is 84.8 Å². The fourth-order valence-corrected chi connectivity index (χ4v) is 8.60. The lowest BCUT2D eigenvalue weighted by atomic mass is 9.56. The molecule has 0 bridgehead atoms. The van der Waals surface area contributed by atoms with E-state index in [2.05, 4.69) is 0 Å². The number of allylic oxidation sites excluding steroid dienone is 2. The number of carbonyl (C=O) groups is 4. The number of likely N-dealkylation sites (tertiary alicyclic amines) is 1. The van der Waals surface area contributed by atoms with Crippen LogP contribution in [0.1, 0.15) is 29.9 Å². The summed E-state index contributed by atoms with van der Waals surface area (Å²) in [5.74, 6) is -6.10. The van der Waals surface area contributed by atoms with Gasteiger partial charge < -0.3 is 10.2 Å². The van der Waals surface area contributed by atoms with Crippen LogP contribution in [0.5, 0.6) is 11.5 Å². The fraction of sp³-hybridized carbons (Fsp3) is 0.294. The summed E-state index contributed by atoms with van der Waals surface area (Å²) in [6, 6.07) is 17.5. The zero-order valence-corrected chi connectivity index (χ0v) is 25.2. The Bertz CT molecular complexity index is 1800. The number of fused-ring (bicyclic) bond motifs is 4. The first-order chi connectivity index (χ1) is 21.5. The first-order valence-corrected chi connectivity index (χ1v) is 15.4. The van der Waals surface area contributed by atoms with Crippen LogP contribution >= 0.6 is 23.2 Å². The molecule has 2 heterocycles. The van der Waals surface area contributed by atoms with Gasteiger partial charge in [0.1, 0.15) is 17.3 Å². The van der Waals surface area contributed by atoms with Gasteiger partial charge in [0.2, 0.25) is 11.8 Å². The number of nitrogens with zero attached hydrogens (tertiary/aromatic N) is 2. The zero-order valence-electron chi connectivity index (χ0n) is 23.7. The van der Waals surface area contributed by atoms with Gasteiger partial charge >= 0.3 is 0 Å². The van der Waals surface area contributed by atoms with Gasteiger partial charge in [0, 0.05) is 12.5 Å². The molecule has 3 aromatic rings. The van der Waals surface area contributed by atoms with Crippen LogP contribution in [0.25, 0.3) is 0 Å². The number of aromatic hydroxyl groups is 2. The van der Waals surface area contributed by atoms with Crippen LogP contribution in [0.15, 0.2) is 84.4 Å². The lowest BCUT2D eigenvalue weighted by Gasteiger charge is -2.50. The van der Waals surface area contributed by atoms with Gasteiger partial charge in [-0.3, -0.25) is 24.1 Å². The smallest absolute Gasteiger partial charge is 0.258 e. The maximum Gasteiger partial charge on any atom is 0.258 e. The largest absolute Gasteiger partial charge is 0.508 e. The van der Waals surface area contributed by atoms with E-state index in [-0.39, 0.29) is 48.4 Å². The van der Waals surface area contributed by atoms with Crippen LogP contribution in [-0.4, -0.2) is 55.0 Å². The van der Waals surface area contributed by atoms with E-state index in [4.69, 9.17) is 23.2 Å². The van der Waals surface area contributed by atoms with Crippen molar-refractivity contribution in [2.24, 2.45) is 17.8 Å². The summed E-state index contributed by atoms with van der Waals surface area (Å²) in [5.41, 5.74) is 1.97. The third-order valence-electron chi connectivity index (χ3n) is 9.75. The fourth-order valence-electron chi connectivity index (χ4n) is 7.67. The average molecular weight is 650 g/mol. The Labute approximate surface area is 267 Å². The number of amides is 4. The van der Waals surface area contributed by atoms with Gasteiger partial charge in [0.25, 0.3) is 11.8 Å². The molecular weight excluding hydrogens is 622 g/mol. The SMILES string of the molecule is O=C1C2CC=C3C(CC4(Cl)C(=O)N(c5ccc(F)cc5)C(=O)C4(Cl)C3c3cccc(O)c3)C2C(=O)N1CCc1ccc(O)cc1. The summed E-state index contributed by atoms with van der Waals surface area (Å²) in [6.07, 6.45) is 2.25. The van der Waals surface area contributed by atoms with E-state index in [1.807, 2.05) is 6.08 Å². The molecule has 2 saturated heterocycles. The Morgan fingerprint density at radius 2 is 1.56 bits per heavy atom. The second-order valence-electron chi connectivity index (χ2n) is 12.1. The normalized spacial score (nSPS) is 30.7. The van der Waals surface area contributed by atoms with Gasteiger partial charge in [0.05, 0.1) is 17.5 Å². The van der Waals surface area contributed by atoms with Crippen molar-refractivity contribution < 1.29 is 33.8 Å². The predicted octanol–water partition coefficient (Wildman–Crippen LogP) is 5.04. The molecule has 4 amide bonds. The molecule has 2 aliphatic carbocycles. The van der Waals surface area contributed by atoms with Crippen molar-refractivity contribution in [1.29, 1.82) is 0 Å². The molecule has 6 atom stereocenters. The molecule has 0 radical (unpaired) electrons. The van der Waals surface area contributed by atoms with Crippen molar-refractivity contribution in [3.8, 4) is 11.5 Å². The highest BCUT2D eigenvalue weighted by Gasteiger charge is 2.76. The van der Waals surface area contributed by atoms with E-state index in [0.29, 0.717) is 17.6 Å². The van der Waals surface area contributed by atoms with E-state index in [1.54, 1.807) is 24.3 Å². The van der Waals surface area contributed by atoms with Crippen LogP contribution < -0.4 is 4.90 Å². The molecule has 2 aliphatic heterocycles. The number of imide groups is 2. The maximum absolute atomic E-state index is 14.3. The molecule has 7 rings (SSSR count). The lowest BCUT2D eigenvalue weighted by molar-refractivity contribution is -0.140. The molecule has 230 valence electrons. The molecule has 45 heavy (non-hydrogen) atoms. The molecule has 11 heteroatoms. The quantitative estimate of drug-likeness (QED) is 0.228. The standard InChI is InChI=1S/C34H27Cl2FN2O6/c35-33-17-26-24(12-13-25-27(26)30(43)38(29(25)42)15-14-18-4-10-22(40)11-5-18)28(19-2-1-3-23(41)16-19)34(33,36)32(45)39(31(33)44)21-8-6-20(37)7-9-21/h1-12,16,25-28,40-41H,13-15,17H2. The molecule has 8 nitrogen and oxygen atoms in total. The van der Waals surface area contributed by atoms with Gasteiger partial charge in [-0.15, -0.1) is 23.2 Å². The average Bonchev–Trinajstić information content (AvgIpc) is 3.34. The molecule has 3 fully saturated rings. The molecule has 1 saturated carbocycles. The second kappa shape index (κ2) is 10.4. The minimum atomic E-state index is -2.06. The summed E-state index contributed by atoms with van der Waals surface area (Å²) in [6.45, 7) is 0.134. The molecule has 4 aliphatic rings. The van der Waals surface area contributed by atoms with E-state index in [0.717, 1.165) is 22.6 Å². The lowest BCUT2D eigenvalue weighted by Crippen LogP contribution is -2.60. The molecule has 0 spiro atoms. The van der Waals surface area contributed by atoms with Crippen molar-refractivity contribution in [1.82, 2.24) is 4.90 Å². The van der Waals surface area contributed by atoms with Crippen LogP contribution in [0.4, 0.5) is 10.1 Å². The molecular formula is C34H27Cl2FN2O6. The monoisotopic (exact) mass is 648 g/mol. The number of carbonyl (C=O) groups excluding carboxylic acids is 4. The van der Waals surface area contributed by atoms with Crippen LogP contribution in [0.3, 0.4) is 0 Å². The first kappa shape index (κ1) is 29.5. The number of phenolic OH excluding ortho intramolecular Hbond substituents is 2. The van der Waals surface area contributed by atoms with Gasteiger partial charge in [-0.25, -0.2) is 9.29 Å². The third-order valence-corrected chi connectivity index (χ3v) is 11.2. The van der Waals surface area contributed by atoms with Crippen molar-refractivity contribution >= 4 is 52.5 Å². The number of hydrogen-bond donors (Lipinski definition) is 2. The Balaban J connectivity index is 1.31. The van der Waals surface area contributed by atoms with Gasteiger partial charge in [-0.1, -0.05) is 35.9 Å². The van der Waals surface area contributed by atoms with Crippen molar-refractivity contribution in [2.45, 2.75) is 34.9 Å². The topological polar surface area (TPSA) is 115 Å². The van der Waals surface area contributed by atoms with Gasteiger partial charge in [0.15, 0.2) is 9.75 Å². The number of halogens is 3. The number of rotatable bonds is 5. The van der Waals surface area contributed by atoms with Crippen LogP contribution in [0.2, 0.25) is 0 Å². The summed E-state index contributed by atoms with van der Waals surface area (Å²) >= 11 is 14.6. The molecule has 2 N–H and O–H groups in total. The van der Waals surface area contributed by atoms with Gasteiger partial charge in [-0.2, -0.15) is 0 Å². The minimum absolute atomic E-state index is 0.0935. The van der Waals surface area contributed by atoms with Crippen molar-refractivity contribution in [3.05, 3.63) is 101 Å². The number of alkyl halides is 2. The number of hydrogen-bond acceptors (Lipinski definition) is 6. The van der Waals surface area contributed by atoms with Crippen molar-refractivity contribution in [3.63, 3.8) is 0 Å². The summed E-state index contributed by atoms with van der Waals surface area (Å²) in [7, 11) is 0. The highest BCUT2D eigenvalue weighted by atomic mass is 35.5. The van der Waals surface area contributed by atoms with Crippen molar-refractivity contribution in [2.75, 3.05) is 11.4 Å². The summed E-state index contributed by atoms with van der Waals surface area (Å²) in [4.78, 5) is 54.2. The molecule has 0 aromatic heterocycles. The Morgan fingerprint density at radius 3 is 2.24 bits per heavy atom. The number of anilines is 1.